The second-order valence-corrected chi connectivity index (χ2v) is 13.6. The van der Waals surface area contributed by atoms with E-state index >= 15 is 0 Å². The van der Waals surface area contributed by atoms with Gasteiger partial charge in [0.05, 0.1) is 23.0 Å². The van der Waals surface area contributed by atoms with Gasteiger partial charge in [-0.2, -0.15) is 0 Å². The number of rotatable bonds is 28. The second-order valence-electron chi connectivity index (χ2n) is 13.6. The van der Waals surface area contributed by atoms with Crippen molar-refractivity contribution in [2.24, 2.45) is 0 Å². The Morgan fingerprint density at radius 2 is 0.472 bits per heavy atom. The summed E-state index contributed by atoms with van der Waals surface area (Å²) in [6.45, 7) is 14.5. The summed E-state index contributed by atoms with van der Waals surface area (Å²) in [5.74, 6) is 0.593. The number of carbonyl (C=O) groups excluding carboxylic acids is 4. The Labute approximate surface area is 344 Å². The van der Waals surface area contributed by atoms with Gasteiger partial charge in [-0.05, 0) is 53.4 Å². The third-order valence-electron chi connectivity index (χ3n) is 7.63. The van der Waals surface area contributed by atoms with Crippen molar-refractivity contribution >= 4 is 23.1 Å². The molecule has 0 heterocycles. The monoisotopic (exact) mass is 826 g/mol. The van der Waals surface area contributed by atoms with Gasteiger partial charge in [-0.15, -0.1) is 0 Å². The molecule has 0 rings (SSSR count). The van der Waals surface area contributed by atoms with Crippen LogP contribution in [-0.2, 0) is 45.4 Å². The average Bonchev–Trinajstić information content (AvgIpc) is 3.04. The van der Waals surface area contributed by atoms with Crippen LogP contribution in [0.2, 0.25) is 0 Å². The Morgan fingerprint density at radius 1 is 0.321 bits per heavy atom. The van der Waals surface area contributed by atoms with Crippen molar-refractivity contribution in [3.8, 4) is 0 Å². The number of aliphatic hydroxyl groups excluding tert-OH is 4. The molecule has 0 amide bonds. The summed E-state index contributed by atoms with van der Waals surface area (Å²) in [7, 11) is 0. The summed E-state index contributed by atoms with van der Waals surface area (Å²) >= 11 is 0. The van der Waals surface area contributed by atoms with E-state index in [9.17, 15) is 39.6 Å². The number of aliphatic hydroxyl groups is 4. The van der Waals surface area contributed by atoms with E-state index in [1.54, 1.807) is 0 Å². The molecule has 308 valence electrons. The summed E-state index contributed by atoms with van der Waals surface area (Å²) in [5.41, 5.74) is 0. The molecule has 0 unspecified atom stereocenters. The van der Waals surface area contributed by atoms with E-state index in [4.69, 9.17) is 0 Å². The summed E-state index contributed by atoms with van der Waals surface area (Å²) in [6, 6.07) is 0. The molecule has 0 radical (unpaired) electrons. The Hall–Kier alpha value is -2.28. The molecule has 0 aliphatic rings. The van der Waals surface area contributed by atoms with Gasteiger partial charge in [0.25, 0.3) is 0 Å². The average molecular weight is 828 g/mol. The molecule has 0 aromatic rings. The summed E-state index contributed by atoms with van der Waals surface area (Å²) < 4.78 is 0. The first-order valence-electron chi connectivity index (χ1n) is 20.3. The molecule has 53 heavy (non-hydrogen) atoms. The van der Waals surface area contributed by atoms with Gasteiger partial charge in [0, 0.05) is 76.2 Å². The standard InChI is InChI=1S/4C11H20O2.Zr/c4*1-3-4-5-6-7-8-11(13)9-10(2)12;/h4*9,13H,3-8H2,1-2H3;/b4*11-9-;. The zero-order chi connectivity index (χ0) is 40.4. The van der Waals surface area contributed by atoms with E-state index in [1.807, 2.05) is 0 Å². The molecule has 9 heteroatoms. The Bertz CT molecular complexity index is 851. The largest absolute Gasteiger partial charge is 0.512 e. The zero-order valence-electron chi connectivity index (χ0n) is 35.2. The first kappa shape index (κ1) is 60.0. The van der Waals surface area contributed by atoms with E-state index in [2.05, 4.69) is 27.7 Å². The molecule has 0 bridgehead atoms. The predicted molar refractivity (Wildman–Crippen MR) is 219 cm³/mol. The topological polar surface area (TPSA) is 149 Å². The molecule has 0 fully saturated rings. The normalized spacial score (nSPS) is 11.5. The van der Waals surface area contributed by atoms with Gasteiger partial charge in [0.1, 0.15) is 0 Å². The number of unbranched alkanes of at least 4 members (excludes halogenated alkanes) is 16. The van der Waals surface area contributed by atoms with Crippen LogP contribution < -0.4 is 0 Å². The Kier molecular flexibility index (Phi) is 54.0. The smallest absolute Gasteiger partial charge is 0.155 e. The zero-order valence-corrected chi connectivity index (χ0v) is 37.7. The van der Waals surface area contributed by atoms with Gasteiger partial charge in [-0.3, -0.25) is 19.2 Å². The van der Waals surface area contributed by atoms with Gasteiger partial charge in [0.2, 0.25) is 0 Å². The number of ketones is 4. The van der Waals surface area contributed by atoms with Crippen LogP contribution in [0.15, 0.2) is 47.3 Å². The predicted octanol–water partition coefficient (Wildman–Crippen LogP) is 13.5. The third kappa shape index (κ3) is 65.1. The van der Waals surface area contributed by atoms with E-state index in [1.165, 1.54) is 129 Å². The van der Waals surface area contributed by atoms with Crippen LogP contribution >= 0.6 is 0 Å². The fraction of sp³-hybridized carbons (Fsp3) is 0.727. The van der Waals surface area contributed by atoms with Gasteiger partial charge in [-0.25, -0.2) is 0 Å². The summed E-state index contributed by atoms with van der Waals surface area (Å²) in [4.78, 5) is 42.2. The SMILES string of the molecule is CCCCCCC/C(O)=C/C(C)=O.CCCCCCC/C(O)=C/C(C)=O.CCCCCCC/C(O)=C/C(C)=O.CCCCCCC/C(O)=C/C(C)=O.[Zr]. The van der Waals surface area contributed by atoms with Crippen molar-refractivity contribution in [2.75, 3.05) is 0 Å². The minimum Gasteiger partial charge on any atom is -0.512 e. The Morgan fingerprint density at radius 3 is 0.604 bits per heavy atom. The molecule has 0 spiro atoms. The first-order chi connectivity index (χ1) is 24.7. The van der Waals surface area contributed by atoms with E-state index in [-0.39, 0.29) is 72.4 Å². The maximum Gasteiger partial charge on any atom is 0.155 e. The van der Waals surface area contributed by atoms with Gasteiger partial charge in [-0.1, -0.05) is 130 Å². The minimum absolute atomic E-state index is 0. The number of hydrogen-bond donors (Lipinski definition) is 4. The fourth-order valence-corrected chi connectivity index (χ4v) is 4.87. The molecule has 0 aliphatic carbocycles. The van der Waals surface area contributed by atoms with Crippen molar-refractivity contribution in [2.45, 2.75) is 209 Å². The van der Waals surface area contributed by atoms with E-state index < -0.39 is 0 Å². The number of allylic oxidation sites excluding steroid dienone is 8. The van der Waals surface area contributed by atoms with E-state index in [0.717, 1.165) is 51.4 Å². The molecular formula is C44H80O8Zr. The van der Waals surface area contributed by atoms with Crippen LogP contribution in [0, 0.1) is 0 Å². The molecule has 4 N–H and O–H groups in total. The summed E-state index contributed by atoms with van der Waals surface area (Å²) in [5, 5.41) is 36.9. The van der Waals surface area contributed by atoms with Crippen LogP contribution in [0.5, 0.6) is 0 Å². The molecule has 0 saturated heterocycles. The third-order valence-corrected chi connectivity index (χ3v) is 7.63. The Balaban J connectivity index is -0.000000192. The molecule has 0 aliphatic heterocycles. The quantitative estimate of drug-likeness (QED) is 0.0346. The van der Waals surface area contributed by atoms with Gasteiger partial charge >= 0.3 is 0 Å². The van der Waals surface area contributed by atoms with Crippen LogP contribution in [0.3, 0.4) is 0 Å². The van der Waals surface area contributed by atoms with Gasteiger partial charge < -0.3 is 20.4 Å². The fourth-order valence-electron chi connectivity index (χ4n) is 4.87. The molecule has 0 aromatic heterocycles. The van der Waals surface area contributed by atoms with E-state index in [0.29, 0.717) is 25.7 Å². The number of hydrogen-bond acceptors (Lipinski definition) is 8. The van der Waals surface area contributed by atoms with Crippen molar-refractivity contribution < 1.29 is 65.8 Å². The molecule has 0 saturated carbocycles. The maximum absolute atomic E-state index is 10.6. The van der Waals surface area contributed by atoms with Crippen LogP contribution in [0.4, 0.5) is 0 Å². The van der Waals surface area contributed by atoms with Crippen molar-refractivity contribution in [1.82, 2.24) is 0 Å². The molecule has 0 aromatic carbocycles. The van der Waals surface area contributed by atoms with Gasteiger partial charge in [0.15, 0.2) is 23.1 Å². The van der Waals surface area contributed by atoms with Crippen molar-refractivity contribution in [1.29, 1.82) is 0 Å². The van der Waals surface area contributed by atoms with Crippen LogP contribution in [0.1, 0.15) is 209 Å². The second kappa shape index (κ2) is 47.7. The summed E-state index contributed by atoms with van der Waals surface area (Å²) in [6.07, 6.45) is 31.2. The van der Waals surface area contributed by atoms with Crippen LogP contribution in [0.25, 0.3) is 0 Å². The maximum atomic E-state index is 10.6. The number of carbonyl (C=O) groups is 4. The first-order valence-corrected chi connectivity index (χ1v) is 20.3. The molecular weight excluding hydrogens is 748 g/mol. The molecule has 0 atom stereocenters. The van der Waals surface area contributed by atoms with Crippen molar-refractivity contribution in [3.63, 3.8) is 0 Å². The molecule has 8 nitrogen and oxygen atoms in total. The van der Waals surface area contributed by atoms with Crippen molar-refractivity contribution in [3.05, 3.63) is 47.3 Å². The van der Waals surface area contributed by atoms with Crippen LogP contribution in [-0.4, -0.2) is 43.6 Å². The minimum atomic E-state index is -0.0777.